The molecule has 4 aromatic rings. The highest BCUT2D eigenvalue weighted by Crippen LogP contribution is 2.18. The van der Waals surface area contributed by atoms with E-state index in [0.29, 0.717) is 28.7 Å². The molecule has 0 aliphatic heterocycles. The van der Waals surface area contributed by atoms with Crippen molar-refractivity contribution in [2.45, 2.75) is 20.4 Å². The number of carbonyl (C=O) groups excluding carboxylic acids is 2. The second kappa shape index (κ2) is 8.29. The van der Waals surface area contributed by atoms with Crippen LogP contribution in [0.2, 0.25) is 0 Å². The van der Waals surface area contributed by atoms with Crippen LogP contribution < -0.4 is 0 Å². The number of esters is 1. The van der Waals surface area contributed by atoms with Gasteiger partial charge < -0.3 is 9.30 Å². The normalized spacial score (nSPS) is 10.9. The summed E-state index contributed by atoms with van der Waals surface area (Å²) in [6.45, 7) is 4.25. The van der Waals surface area contributed by atoms with Gasteiger partial charge in [0.1, 0.15) is 0 Å². The summed E-state index contributed by atoms with van der Waals surface area (Å²) in [6, 6.07) is 16.9. The number of aromatic nitrogens is 3. The van der Waals surface area contributed by atoms with Crippen LogP contribution in [-0.2, 0) is 11.3 Å². The first-order valence-corrected chi connectivity index (χ1v) is 9.64. The molecule has 0 N–H and O–H groups in total. The van der Waals surface area contributed by atoms with E-state index in [1.165, 1.54) is 0 Å². The largest absolute Gasteiger partial charge is 0.454 e. The lowest BCUT2D eigenvalue weighted by atomic mass is 10.1. The third-order valence-electron chi connectivity index (χ3n) is 5.10. The lowest BCUT2D eigenvalue weighted by Crippen LogP contribution is -2.15. The number of benzene rings is 2. The Labute approximate surface area is 174 Å². The van der Waals surface area contributed by atoms with Crippen molar-refractivity contribution < 1.29 is 14.3 Å². The van der Waals surface area contributed by atoms with Crippen LogP contribution in [-0.4, -0.2) is 32.9 Å². The second-order valence-electron chi connectivity index (χ2n) is 7.12. The molecule has 150 valence electrons. The molecule has 6 nitrogen and oxygen atoms in total. The van der Waals surface area contributed by atoms with Gasteiger partial charge in [0.15, 0.2) is 6.61 Å². The molecule has 0 unspecified atom stereocenters. The molecule has 0 amide bonds. The van der Waals surface area contributed by atoms with Gasteiger partial charge in [-0.2, -0.15) is 0 Å². The van der Waals surface area contributed by atoms with Gasteiger partial charge in [0.05, 0.1) is 16.6 Å². The van der Waals surface area contributed by atoms with Crippen molar-refractivity contribution in [1.29, 1.82) is 0 Å². The fraction of sp³-hybridized carbons (Fsp3) is 0.167. The Balaban J connectivity index is 1.46. The van der Waals surface area contributed by atoms with Gasteiger partial charge in [-0.25, -0.2) is 4.79 Å². The minimum absolute atomic E-state index is 0.226. The van der Waals surface area contributed by atoms with E-state index in [9.17, 15) is 9.59 Å². The molecule has 0 saturated carbocycles. The molecular formula is C24H21N3O3. The molecule has 0 aliphatic rings. The molecule has 0 bridgehead atoms. The van der Waals surface area contributed by atoms with Gasteiger partial charge in [-0.05, 0) is 43.7 Å². The predicted molar refractivity (Wildman–Crippen MR) is 114 cm³/mol. The topological polar surface area (TPSA) is 74.1 Å². The molecule has 4 rings (SSSR count). The van der Waals surface area contributed by atoms with Crippen molar-refractivity contribution in [1.82, 2.24) is 14.5 Å². The summed E-state index contributed by atoms with van der Waals surface area (Å²) in [5, 5.41) is 0. The van der Waals surface area contributed by atoms with E-state index in [4.69, 9.17) is 4.74 Å². The van der Waals surface area contributed by atoms with E-state index in [1.54, 1.807) is 30.6 Å². The Hall–Kier alpha value is -3.80. The van der Waals surface area contributed by atoms with Gasteiger partial charge in [-0.3, -0.25) is 14.8 Å². The van der Waals surface area contributed by atoms with Crippen molar-refractivity contribution in [2.75, 3.05) is 6.61 Å². The van der Waals surface area contributed by atoms with E-state index < -0.39 is 5.97 Å². The van der Waals surface area contributed by atoms with Gasteiger partial charge in [0.2, 0.25) is 5.78 Å². The molecular weight excluding hydrogens is 378 g/mol. The number of aryl methyl sites for hydroxylation is 1. The summed E-state index contributed by atoms with van der Waals surface area (Å²) >= 11 is 0. The molecule has 30 heavy (non-hydrogen) atoms. The molecule has 2 heterocycles. The van der Waals surface area contributed by atoms with E-state index in [2.05, 4.69) is 26.7 Å². The minimum Gasteiger partial charge on any atom is -0.454 e. The quantitative estimate of drug-likeness (QED) is 0.360. The highest BCUT2D eigenvalue weighted by atomic mass is 16.5. The van der Waals surface area contributed by atoms with Crippen molar-refractivity contribution in [2.24, 2.45) is 0 Å². The fourth-order valence-electron chi connectivity index (χ4n) is 3.48. The Morgan fingerprint density at radius 3 is 2.43 bits per heavy atom. The summed E-state index contributed by atoms with van der Waals surface area (Å²) in [7, 11) is 0. The highest BCUT2D eigenvalue weighted by molar-refractivity contribution is 6.01. The first-order valence-electron chi connectivity index (χ1n) is 9.64. The third kappa shape index (κ3) is 3.98. The lowest BCUT2D eigenvalue weighted by Gasteiger charge is -2.10. The van der Waals surface area contributed by atoms with Gasteiger partial charge in [-0.15, -0.1) is 0 Å². The van der Waals surface area contributed by atoms with Gasteiger partial charge >= 0.3 is 5.97 Å². The van der Waals surface area contributed by atoms with E-state index >= 15 is 0 Å². The van der Waals surface area contributed by atoms with Crippen LogP contribution >= 0.6 is 0 Å². The van der Waals surface area contributed by atoms with E-state index in [0.717, 1.165) is 17.0 Å². The minimum atomic E-state index is -0.561. The molecule has 0 atom stereocenters. The summed E-state index contributed by atoms with van der Waals surface area (Å²) < 4.78 is 7.36. The van der Waals surface area contributed by atoms with Crippen molar-refractivity contribution in [3.63, 3.8) is 0 Å². The Bertz CT molecular complexity index is 1230. The number of ketones is 1. The SMILES string of the molecule is Cc1cc(C(=O)COC(=O)c2ccc3nccnc3c2)c(C)n1Cc1ccccc1. The van der Waals surface area contributed by atoms with Gasteiger partial charge in [0.25, 0.3) is 0 Å². The second-order valence-corrected chi connectivity index (χ2v) is 7.12. The zero-order chi connectivity index (χ0) is 21.1. The Kier molecular flexibility index (Phi) is 5.39. The maximum atomic E-state index is 12.7. The summed E-state index contributed by atoms with van der Waals surface area (Å²) in [5.74, 6) is -0.787. The van der Waals surface area contributed by atoms with Crippen LogP contribution in [0.3, 0.4) is 0 Å². The van der Waals surface area contributed by atoms with Crippen LogP contribution in [0, 0.1) is 13.8 Å². The zero-order valence-corrected chi connectivity index (χ0v) is 16.8. The molecule has 0 radical (unpaired) electrons. The van der Waals surface area contributed by atoms with E-state index in [1.807, 2.05) is 38.1 Å². The molecule has 0 fully saturated rings. The van der Waals surface area contributed by atoms with Crippen LogP contribution in [0.1, 0.15) is 37.7 Å². The predicted octanol–water partition coefficient (Wildman–Crippen LogP) is 4.14. The van der Waals surface area contributed by atoms with E-state index in [-0.39, 0.29) is 12.4 Å². The van der Waals surface area contributed by atoms with Crippen LogP contribution in [0.15, 0.2) is 67.0 Å². The monoisotopic (exact) mass is 399 g/mol. The molecule has 0 spiro atoms. The number of hydrogen-bond donors (Lipinski definition) is 0. The molecule has 0 saturated heterocycles. The smallest absolute Gasteiger partial charge is 0.338 e. The first kappa shape index (κ1) is 19.5. The van der Waals surface area contributed by atoms with Crippen LogP contribution in [0.4, 0.5) is 0 Å². The molecule has 2 aromatic carbocycles. The molecule has 2 aromatic heterocycles. The number of rotatable bonds is 6. The first-order chi connectivity index (χ1) is 14.5. The molecule has 0 aliphatic carbocycles. The fourth-order valence-corrected chi connectivity index (χ4v) is 3.48. The van der Waals surface area contributed by atoms with Crippen molar-refractivity contribution in [3.8, 4) is 0 Å². The summed E-state index contributed by atoms with van der Waals surface area (Å²) in [6.07, 6.45) is 3.15. The number of fused-ring (bicyclic) bond motifs is 1. The third-order valence-corrected chi connectivity index (χ3v) is 5.10. The van der Waals surface area contributed by atoms with Crippen molar-refractivity contribution in [3.05, 3.63) is 95.1 Å². The number of Topliss-reactive ketones (excluding diaryl/α,β-unsaturated/α-hetero) is 1. The maximum absolute atomic E-state index is 12.7. The Morgan fingerprint density at radius 2 is 1.67 bits per heavy atom. The number of carbonyl (C=O) groups is 2. The number of nitrogens with zero attached hydrogens (tertiary/aromatic N) is 3. The highest BCUT2D eigenvalue weighted by Gasteiger charge is 2.18. The average Bonchev–Trinajstić information content (AvgIpc) is 3.06. The zero-order valence-electron chi connectivity index (χ0n) is 16.8. The van der Waals surface area contributed by atoms with Gasteiger partial charge in [0, 0.05) is 35.9 Å². The number of ether oxygens (including phenoxy) is 1. The lowest BCUT2D eigenvalue weighted by molar-refractivity contribution is 0.0474. The van der Waals surface area contributed by atoms with Crippen LogP contribution in [0.5, 0.6) is 0 Å². The van der Waals surface area contributed by atoms with Crippen LogP contribution in [0.25, 0.3) is 11.0 Å². The average molecular weight is 399 g/mol. The summed E-state index contributed by atoms with van der Waals surface area (Å²) in [4.78, 5) is 33.5. The van der Waals surface area contributed by atoms with Gasteiger partial charge in [-0.1, -0.05) is 30.3 Å². The Morgan fingerprint density at radius 1 is 0.933 bits per heavy atom. The maximum Gasteiger partial charge on any atom is 0.338 e. The molecule has 6 heteroatoms. The summed E-state index contributed by atoms with van der Waals surface area (Å²) in [5.41, 5.74) is 5.20. The standard InChI is InChI=1S/C24H21N3O3/c1-16-12-20(17(2)27(16)14-18-6-4-3-5-7-18)23(28)15-30-24(29)19-8-9-21-22(13-19)26-11-10-25-21/h3-13H,14-15H2,1-2H3. The number of hydrogen-bond acceptors (Lipinski definition) is 5. The van der Waals surface area contributed by atoms with Crippen molar-refractivity contribution >= 4 is 22.8 Å².